The van der Waals surface area contributed by atoms with Crippen molar-refractivity contribution in [3.05, 3.63) is 18.7 Å². The quantitative estimate of drug-likeness (QED) is 0.643. The largest absolute Gasteiger partial charge is 0.355 e. The van der Waals surface area contributed by atoms with Gasteiger partial charge in [0.2, 0.25) is 5.78 Å². The van der Waals surface area contributed by atoms with E-state index in [0.29, 0.717) is 0 Å². The maximum absolute atomic E-state index is 4.66. The topological polar surface area (TPSA) is 51.2 Å². The highest BCUT2D eigenvalue weighted by atomic mass is 15.3. The lowest BCUT2D eigenvalue weighted by molar-refractivity contribution is 0.909. The van der Waals surface area contributed by atoms with Gasteiger partial charge in [0.15, 0.2) is 11.5 Å². The normalized spacial score (nSPS) is 16.2. The number of rotatable bonds is 1. The van der Waals surface area contributed by atoms with Crippen molar-refractivity contribution in [2.24, 2.45) is 7.05 Å². The summed E-state index contributed by atoms with van der Waals surface area (Å²) < 4.78 is 4.01. The van der Waals surface area contributed by atoms with Crippen molar-refractivity contribution in [1.29, 1.82) is 0 Å². The Kier molecular flexibility index (Phi) is 1.89. The van der Waals surface area contributed by atoms with Gasteiger partial charge >= 0.3 is 0 Å². The molecule has 6 nitrogen and oxygen atoms in total. The van der Waals surface area contributed by atoms with Crippen LogP contribution in [-0.2, 0) is 7.05 Å². The van der Waals surface area contributed by atoms with Gasteiger partial charge in [0, 0.05) is 32.5 Å². The lowest BCUT2D eigenvalue weighted by Gasteiger charge is -2.16. The molecule has 92 valence electrons. The average molecular weight is 242 g/mol. The lowest BCUT2D eigenvalue weighted by atomic mass is 10.4. The Labute approximate surface area is 104 Å². The Morgan fingerprint density at radius 1 is 1.17 bits per heavy atom. The second-order valence-corrected chi connectivity index (χ2v) is 4.75. The van der Waals surface area contributed by atoms with Gasteiger partial charge in [0.1, 0.15) is 5.52 Å². The number of aromatic nitrogens is 5. The third kappa shape index (κ3) is 1.20. The molecule has 0 atom stereocenters. The van der Waals surface area contributed by atoms with E-state index in [1.807, 2.05) is 28.5 Å². The van der Waals surface area contributed by atoms with Gasteiger partial charge in [0.25, 0.3) is 0 Å². The van der Waals surface area contributed by atoms with E-state index in [1.165, 1.54) is 12.8 Å². The first kappa shape index (κ1) is 9.87. The molecule has 6 heteroatoms. The number of nitrogens with zero attached hydrogens (tertiary/aromatic N) is 6. The SMILES string of the molecule is Cn1cnc2c(N3CCCC3)nc3nccn3c21. The minimum absolute atomic E-state index is 0.744. The Hall–Kier alpha value is -2.11. The summed E-state index contributed by atoms with van der Waals surface area (Å²) in [7, 11) is 2.00. The van der Waals surface area contributed by atoms with Crippen LogP contribution in [0.3, 0.4) is 0 Å². The van der Waals surface area contributed by atoms with Crippen LogP contribution in [0.25, 0.3) is 16.9 Å². The van der Waals surface area contributed by atoms with Crippen LogP contribution < -0.4 is 4.90 Å². The van der Waals surface area contributed by atoms with Crippen LogP contribution in [0.4, 0.5) is 5.82 Å². The first-order chi connectivity index (χ1) is 8.84. The molecular weight excluding hydrogens is 228 g/mol. The maximum Gasteiger partial charge on any atom is 0.237 e. The van der Waals surface area contributed by atoms with Crippen molar-refractivity contribution in [3.63, 3.8) is 0 Å². The summed E-state index contributed by atoms with van der Waals surface area (Å²) in [5.41, 5.74) is 2.02. The van der Waals surface area contributed by atoms with Gasteiger partial charge in [-0.1, -0.05) is 0 Å². The molecular formula is C12H14N6. The number of anilines is 1. The highest BCUT2D eigenvalue weighted by Crippen LogP contribution is 2.26. The monoisotopic (exact) mass is 242 g/mol. The van der Waals surface area contributed by atoms with Crippen LogP contribution in [0.5, 0.6) is 0 Å². The minimum Gasteiger partial charge on any atom is -0.355 e. The molecule has 1 aliphatic rings. The van der Waals surface area contributed by atoms with Crippen LogP contribution in [0.15, 0.2) is 18.7 Å². The van der Waals surface area contributed by atoms with Crippen LogP contribution in [-0.4, -0.2) is 37.0 Å². The fraction of sp³-hybridized carbons (Fsp3) is 0.417. The molecule has 18 heavy (non-hydrogen) atoms. The second-order valence-electron chi connectivity index (χ2n) is 4.75. The number of hydrogen-bond acceptors (Lipinski definition) is 4. The third-order valence-corrected chi connectivity index (χ3v) is 3.58. The third-order valence-electron chi connectivity index (χ3n) is 3.58. The van der Waals surface area contributed by atoms with Gasteiger partial charge in [0.05, 0.1) is 6.33 Å². The highest BCUT2D eigenvalue weighted by molar-refractivity contribution is 5.86. The molecule has 0 aliphatic carbocycles. The molecule has 0 radical (unpaired) electrons. The summed E-state index contributed by atoms with van der Waals surface area (Å²) in [6.45, 7) is 2.13. The van der Waals surface area contributed by atoms with Crippen molar-refractivity contribution in [3.8, 4) is 0 Å². The van der Waals surface area contributed by atoms with Crippen molar-refractivity contribution in [2.75, 3.05) is 18.0 Å². The minimum atomic E-state index is 0.744. The predicted molar refractivity (Wildman–Crippen MR) is 68.7 cm³/mol. The van der Waals surface area contributed by atoms with E-state index in [4.69, 9.17) is 0 Å². The van der Waals surface area contributed by atoms with Crippen molar-refractivity contribution in [2.45, 2.75) is 12.8 Å². The van der Waals surface area contributed by atoms with E-state index < -0.39 is 0 Å². The molecule has 4 rings (SSSR count). The number of imidazole rings is 2. The molecule has 1 aliphatic heterocycles. The average Bonchev–Trinajstić information content (AvgIpc) is 3.06. The second kappa shape index (κ2) is 3.44. The summed E-state index contributed by atoms with van der Waals surface area (Å²) in [4.78, 5) is 15.8. The molecule has 3 aromatic rings. The summed E-state index contributed by atoms with van der Waals surface area (Å²) in [5, 5.41) is 0. The molecule has 0 bridgehead atoms. The van der Waals surface area contributed by atoms with Crippen molar-refractivity contribution < 1.29 is 0 Å². The molecule has 4 heterocycles. The smallest absolute Gasteiger partial charge is 0.237 e. The van der Waals surface area contributed by atoms with Gasteiger partial charge in [-0.2, -0.15) is 4.98 Å². The van der Waals surface area contributed by atoms with Crippen LogP contribution in [0, 0.1) is 0 Å². The van der Waals surface area contributed by atoms with Crippen LogP contribution in [0.1, 0.15) is 12.8 Å². The molecule has 0 aromatic carbocycles. The number of aryl methyl sites for hydroxylation is 1. The molecule has 0 saturated carbocycles. The zero-order valence-electron chi connectivity index (χ0n) is 10.2. The Balaban J connectivity index is 2.09. The van der Waals surface area contributed by atoms with Crippen LogP contribution in [0.2, 0.25) is 0 Å². The van der Waals surface area contributed by atoms with Gasteiger partial charge in [-0.05, 0) is 12.8 Å². The summed E-state index contributed by atoms with van der Waals surface area (Å²) in [6, 6.07) is 0. The lowest BCUT2D eigenvalue weighted by Crippen LogP contribution is -2.20. The first-order valence-electron chi connectivity index (χ1n) is 6.23. The molecule has 1 saturated heterocycles. The van der Waals surface area contributed by atoms with Crippen molar-refractivity contribution in [1.82, 2.24) is 23.9 Å². The van der Waals surface area contributed by atoms with E-state index >= 15 is 0 Å². The molecule has 0 unspecified atom stereocenters. The Morgan fingerprint density at radius 3 is 2.83 bits per heavy atom. The van der Waals surface area contributed by atoms with E-state index in [0.717, 1.165) is 35.8 Å². The molecule has 3 aromatic heterocycles. The van der Waals surface area contributed by atoms with Gasteiger partial charge in [-0.3, -0.25) is 4.40 Å². The van der Waals surface area contributed by atoms with E-state index in [2.05, 4.69) is 19.9 Å². The zero-order chi connectivity index (χ0) is 12.1. The molecule has 0 amide bonds. The molecule has 0 spiro atoms. The Bertz CT molecular complexity index is 719. The van der Waals surface area contributed by atoms with Crippen molar-refractivity contribution >= 4 is 22.8 Å². The van der Waals surface area contributed by atoms with Gasteiger partial charge in [-0.15, -0.1) is 0 Å². The number of hydrogen-bond donors (Lipinski definition) is 0. The summed E-state index contributed by atoms with van der Waals surface area (Å²) in [5.74, 6) is 1.72. The van der Waals surface area contributed by atoms with Gasteiger partial charge < -0.3 is 9.47 Å². The predicted octanol–water partition coefficient (Wildman–Crippen LogP) is 1.22. The molecule has 1 fully saturated rings. The summed E-state index contributed by atoms with van der Waals surface area (Å²) >= 11 is 0. The van der Waals surface area contributed by atoms with Gasteiger partial charge in [-0.25, -0.2) is 9.97 Å². The fourth-order valence-electron chi connectivity index (χ4n) is 2.71. The first-order valence-corrected chi connectivity index (χ1v) is 6.23. The number of fused-ring (bicyclic) bond motifs is 3. The fourth-order valence-corrected chi connectivity index (χ4v) is 2.71. The van der Waals surface area contributed by atoms with E-state index in [-0.39, 0.29) is 0 Å². The molecule has 0 N–H and O–H groups in total. The van der Waals surface area contributed by atoms with Crippen LogP contribution >= 0.6 is 0 Å². The van der Waals surface area contributed by atoms with E-state index in [9.17, 15) is 0 Å². The summed E-state index contributed by atoms with van der Waals surface area (Å²) in [6.07, 6.45) is 8.01. The highest BCUT2D eigenvalue weighted by Gasteiger charge is 2.20. The maximum atomic E-state index is 4.66. The standard InChI is InChI=1S/C12H14N6/c1-16-8-14-9-10(17-5-2-3-6-17)15-12-13-4-7-18(12)11(9)16/h4,7-8H,2-3,5-6H2,1H3. The zero-order valence-corrected chi connectivity index (χ0v) is 10.2. The Morgan fingerprint density at radius 2 is 2.00 bits per heavy atom. The van der Waals surface area contributed by atoms with E-state index in [1.54, 1.807) is 6.20 Å².